The highest BCUT2D eigenvalue weighted by Crippen LogP contribution is 2.36. The molecule has 0 saturated carbocycles. The number of benzene rings is 2. The summed E-state index contributed by atoms with van der Waals surface area (Å²) < 4.78 is 25.3. The fourth-order valence-electron chi connectivity index (χ4n) is 4.74. The lowest BCUT2D eigenvalue weighted by atomic mass is 9.95. The Bertz CT molecular complexity index is 1130. The standard InChI is InChI=1S/C27H28FN3O3/c28-22-9-11-24(12-10-22)31-20-27(34-26(31)32)13-5-16-30(17-14-27)18-21-6-1-2-8-25(21)33-19-23-7-3-4-15-29-23/h1-4,6-12,15H,5,13-14,16-20H2. The monoisotopic (exact) mass is 461 g/mol. The van der Waals surface area contributed by atoms with Crippen LogP contribution in [0.1, 0.15) is 30.5 Å². The number of anilines is 1. The van der Waals surface area contributed by atoms with E-state index in [0.29, 0.717) is 18.8 Å². The summed E-state index contributed by atoms with van der Waals surface area (Å²) in [7, 11) is 0. The van der Waals surface area contributed by atoms with Gasteiger partial charge in [0.15, 0.2) is 0 Å². The zero-order chi connectivity index (χ0) is 23.4. The number of pyridine rings is 1. The summed E-state index contributed by atoms with van der Waals surface area (Å²) in [4.78, 5) is 21.0. The van der Waals surface area contributed by atoms with Crippen LogP contribution in [0.25, 0.3) is 0 Å². The number of nitrogens with zero attached hydrogens (tertiary/aromatic N) is 3. The fraction of sp³-hybridized carbons (Fsp3) is 0.333. The Kier molecular flexibility index (Phi) is 6.45. The average molecular weight is 462 g/mol. The van der Waals surface area contributed by atoms with Gasteiger partial charge in [-0.2, -0.15) is 0 Å². The number of aromatic nitrogens is 1. The van der Waals surface area contributed by atoms with Crippen molar-refractivity contribution in [2.45, 2.75) is 38.0 Å². The van der Waals surface area contributed by atoms with E-state index in [9.17, 15) is 9.18 Å². The number of likely N-dealkylation sites (tertiary alicyclic amines) is 1. The molecular formula is C27H28FN3O3. The number of hydrogen-bond acceptors (Lipinski definition) is 5. The van der Waals surface area contributed by atoms with Gasteiger partial charge in [0.05, 0.1) is 12.2 Å². The van der Waals surface area contributed by atoms with Gasteiger partial charge in [0.25, 0.3) is 0 Å². The Morgan fingerprint density at radius 3 is 2.65 bits per heavy atom. The smallest absolute Gasteiger partial charge is 0.415 e. The van der Waals surface area contributed by atoms with Crippen LogP contribution in [0.15, 0.2) is 72.9 Å². The predicted octanol–water partition coefficient (Wildman–Crippen LogP) is 5.18. The fourth-order valence-corrected chi connectivity index (χ4v) is 4.74. The Balaban J connectivity index is 1.22. The maximum Gasteiger partial charge on any atom is 0.415 e. The van der Waals surface area contributed by atoms with Crippen LogP contribution in [0.2, 0.25) is 0 Å². The first-order valence-corrected chi connectivity index (χ1v) is 11.7. The highest BCUT2D eigenvalue weighted by atomic mass is 19.1. The molecular weight excluding hydrogens is 433 g/mol. The molecule has 1 atom stereocenters. The molecule has 1 aromatic heterocycles. The van der Waals surface area contributed by atoms with Gasteiger partial charge in [0.2, 0.25) is 0 Å². The summed E-state index contributed by atoms with van der Waals surface area (Å²) in [6, 6.07) is 19.9. The Morgan fingerprint density at radius 2 is 1.82 bits per heavy atom. The van der Waals surface area contributed by atoms with E-state index in [1.54, 1.807) is 23.2 Å². The third-order valence-electron chi connectivity index (χ3n) is 6.57. The second kappa shape index (κ2) is 9.81. The lowest BCUT2D eigenvalue weighted by Gasteiger charge is -2.26. The topological polar surface area (TPSA) is 54.9 Å². The summed E-state index contributed by atoms with van der Waals surface area (Å²) in [5.74, 6) is 0.544. The molecule has 2 fully saturated rings. The molecule has 176 valence electrons. The van der Waals surface area contributed by atoms with E-state index >= 15 is 0 Å². The van der Waals surface area contributed by atoms with E-state index in [1.807, 2.05) is 36.4 Å². The molecule has 0 N–H and O–H groups in total. The molecule has 2 saturated heterocycles. The summed E-state index contributed by atoms with van der Waals surface area (Å²) in [6.07, 6.45) is 3.91. The molecule has 1 amide bonds. The van der Waals surface area contributed by atoms with Crippen LogP contribution in [0.4, 0.5) is 14.9 Å². The first-order chi connectivity index (χ1) is 16.6. The number of para-hydroxylation sites is 1. The van der Waals surface area contributed by atoms with Crippen molar-refractivity contribution in [2.24, 2.45) is 0 Å². The molecule has 2 aliphatic heterocycles. The van der Waals surface area contributed by atoms with Crippen LogP contribution < -0.4 is 9.64 Å². The molecule has 34 heavy (non-hydrogen) atoms. The van der Waals surface area contributed by atoms with Gasteiger partial charge in [0, 0.05) is 37.0 Å². The van der Waals surface area contributed by atoms with Crippen molar-refractivity contribution in [1.29, 1.82) is 0 Å². The Morgan fingerprint density at radius 1 is 1.00 bits per heavy atom. The summed E-state index contributed by atoms with van der Waals surface area (Å²) in [5, 5.41) is 0. The molecule has 6 nitrogen and oxygen atoms in total. The first-order valence-electron chi connectivity index (χ1n) is 11.7. The molecule has 2 aliphatic rings. The lowest BCUT2D eigenvalue weighted by Crippen LogP contribution is -2.36. The predicted molar refractivity (Wildman–Crippen MR) is 127 cm³/mol. The van der Waals surface area contributed by atoms with Crippen molar-refractivity contribution in [1.82, 2.24) is 9.88 Å². The number of halogens is 1. The van der Waals surface area contributed by atoms with Crippen molar-refractivity contribution in [3.05, 3.63) is 90.0 Å². The maximum absolute atomic E-state index is 13.3. The zero-order valence-corrected chi connectivity index (χ0v) is 19.0. The van der Waals surface area contributed by atoms with E-state index < -0.39 is 5.60 Å². The van der Waals surface area contributed by atoms with Crippen molar-refractivity contribution < 1.29 is 18.7 Å². The average Bonchev–Trinajstić information content (AvgIpc) is 3.06. The quantitative estimate of drug-likeness (QED) is 0.506. The molecule has 2 aromatic carbocycles. The van der Waals surface area contributed by atoms with Crippen LogP contribution in [0, 0.1) is 5.82 Å². The van der Waals surface area contributed by atoms with Crippen LogP contribution in [-0.2, 0) is 17.9 Å². The van der Waals surface area contributed by atoms with Gasteiger partial charge in [-0.3, -0.25) is 14.8 Å². The third-order valence-corrected chi connectivity index (χ3v) is 6.57. The van der Waals surface area contributed by atoms with E-state index in [1.165, 1.54) is 12.1 Å². The largest absolute Gasteiger partial charge is 0.487 e. The summed E-state index contributed by atoms with van der Waals surface area (Å²) in [6.45, 7) is 3.43. The van der Waals surface area contributed by atoms with Gasteiger partial charge in [-0.1, -0.05) is 24.3 Å². The SMILES string of the molecule is O=C1OC2(CCCN(Cc3ccccc3OCc3ccccn3)CC2)CN1c1ccc(F)cc1. The molecule has 0 aliphatic carbocycles. The molecule has 0 bridgehead atoms. The van der Waals surface area contributed by atoms with Gasteiger partial charge < -0.3 is 9.47 Å². The number of amides is 1. The molecule has 7 heteroatoms. The number of rotatable bonds is 6. The second-order valence-electron chi connectivity index (χ2n) is 8.96. The molecule has 5 rings (SSSR count). The number of carbonyl (C=O) groups excluding carboxylic acids is 1. The zero-order valence-electron chi connectivity index (χ0n) is 19.0. The van der Waals surface area contributed by atoms with Gasteiger partial charge in [-0.15, -0.1) is 0 Å². The molecule has 0 radical (unpaired) electrons. The van der Waals surface area contributed by atoms with Crippen LogP contribution in [0.3, 0.4) is 0 Å². The minimum Gasteiger partial charge on any atom is -0.487 e. The molecule has 3 heterocycles. The van der Waals surface area contributed by atoms with Crippen molar-refractivity contribution >= 4 is 11.8 Å². The molecule has 3 aromatic rings. The van der Waals surface area contributed by atoms with E-state index in [2.05, 4.69) is 16.0 Å². The minimum absolute atomic E-state index is 0.319. The van der Waals surface area contributed by atoms with E-state index in [4.69, 9.17) is 9.47 Å². The maximum atomic E-state index is 13.3. The highest BCUT2D eigenvalue weighted by molar-refractivity contribution is 5.90. The van der Waals surface area contributed by atoms with Crippen LogP contribution in [-0.4, -0.2) is 41.2 Å². The van der Waals surface area contributed by atoms with Crippen molar-refractivity contribution in [2.75, 3.05) is 24.5 Å². The van der Waals surface area contributed by atoms with Gasteiger partial charge in [-0.05, 0) is 61.9 Å². The third kappa shape index (κ3) is 5.04. The Hall–Kier alpha value is -3.45. The van der Waals surface area contributed by atoms with Gasteiger partial charge >= 0.3 is 6.09 Å². The first kappa shape index (κ1) is 22.3. The van der Waals surface area contributed by atoms with Gasteiger partial charge in [0.1, 0.15) is 23.8 Å². The van der Waals surface area contributed by atoms with E-state index in [-0.39, 0.29) is 11.9 Å². The van der Waals surface area contributed by atoms with Crippen LogP contribution >= 0.6 is 0 Å². The highest BCUT2D eigenvalue weighted by Gasteiger charge is 2.46. The normalized spacial score (nSPS) is 20.9. The van der Waals surface area contributed by atoms with E-state index in [0.717, 1.165) is 55.9 Å². The molecule has 1 spiro atoms. The Labute approximate surface area is 198 Å². The van der Waals surface area contributed by atoms with Crippen molar-refractivity contribution in [3.63, 3.8) is 0 Å². The summed E-state index contributed by atoms with van der Waals surface area (Å²) >= 11 is 0. The lowest BCUT2D eigenvalue weighted by molar-refractivity contribution is 0.0443. The second-order valence-corrected chi connectivity index (χ2v) is 8.96. The van der Waals surface area contributed by atoms with Crippen molar-refractivity contribution in [3.8, 4) is 5.75 Å². The number of carbonyl (C=O) groups is 1. The number of ether oxygens (including phenoxy) is 2. The minimum atomic E-state index is -0.505. The van der Waals surface area contributed by atoms with Gasteiger partial charge in [-0.25, -0.2) is 9.18 Å². The van der Waals surface area contributed by atoms with Crippen LogP contribution in [0.5, 0.6) is 5.75 Å². The number of hydrogen-bond donors (Lipinski definition) is 0. The molecule has 1 unspecified atom stereocenters. The summed E-state index contributed by atoms with van der Waals surface area (Å²) in [5.41, 5.74) is 2.19.